The quantitative estimate of drug-likeness (QED) is 0.491. The van der Waals surface area contributed by atoms with E-state index in [1.54, 1.807) is 0 Å². The first-order valence-corrected chi connectivity index (χ1v) is 4.59. The maximum atomic E-state index is 5.42. The Labute approximate surface area is 68.6 Å². The van der Waals surface area contributed by atoms with Crippen molar-refractivity contribution >= 4 is 12.6 Å². The van der Waals surface area contributed by atoms with E-state index < -0.39 is 0 Å². The lowest BCUT2D eigenvalue weighted by molar-refractivity contribution is 0.355. The average Bonchev–Trinajstić information content (AvgIpc) is 2.47. The Morgan fingerprint density at radius 3 is 2.70 bits per heavy atom. The molecule has 0 spiro atoms. The number of ether oxygens (including phenoxy) is 1. The van der Waals surface area contributed by atoms with Crippen LogP contribution in [0.2, 0.25) is 0 Å². The minimum atomic E-state index is 0.492. The van der Waals surface area contributed by atoms with Gasteiger partial charge in [-0.15, -0.1) is 0 Å². The molecule has 10 heavy (non-hydrogen) atoms. The molecule has 1 heterocycles. The third kappa shape index (κ3) is 2.51. The van der Waals surface area contributed by atoms with Gasteiger partial charge in [0.1, 0.15) is 0 Å². The van der Waals surface area contributed by atoms with Gasteiger partial charge in [0.05, 0.1) is 12.2 Å². The molecule has 0 aromatic rings. The Morgan fingerprint density at radius 2 is 2.20 bits per heavy atom. The Hall–Kier alpha value is 0.310. The molecule has 0 radical (unpaired) electrons. The average molecular weight is 160 g/mol. The zero-order valence-electron chi connectivity index (χ0n) is 6.71. The van der Waals surface area contributed by atoms with Crippen LogP contribution in [0.25, 0.3) is 0 Å². The lowest BCUT2D eigenvalue weighted by Crippen LogP contribution is -2.00. The molecular weight excluding hydrogens is 144 g/mol. The van der Waals surface area contributed by atoms with Crippen LogP contribution in [0.4, 0.5) is 0 Å². The highest BCUT2D eigenvalue weighted by atomic mass is 32.1. The van der Waals surface area contributed by atoms with Crippen LogP contribution in [0.1, 0.15) is 33.1 Å². The highest BCUT2D eigenvalue weighted by molar-refractivity contribution is 7.80. The molecule has 3 unspecified atom stereocenters. The number of hydrogen-bond donors (Lipinski definition) is 1. The van der Waals surface area contributed by atoms with Crippen molar-refractivity contribution < 1.29 is 4.74 Å². The first-order valence-electron chi connectivity index (χ1n) is 4.07. The van der Waals surface area contributed by atoms with Crippen molar-refractivity contribution in [1.29, 1.82) is 0 Å². The number of rotatable bonds is 4. The fourth-order valence-electron chi connectivity index (χ4n) is 1.26. The molecule has 1 rings (SSSR count). The molecule has 1 saturated heterocycles. The lowest BCUT2D eigenvalue weighted by atomic mass is 10.1. The molecule has 1 aliphatic rings. The largest absolute Gasteiger partial charge is 0.370 e. The summed E-state index contributed by atoms with van der Waals surface area (Å²) in [4.78, 5) is 0. The molecule has 0 N–H and O–H groups in total. The van der Waals surface area contributed by atoms with Crippen molar-refractivity contribution in [1.82, 2.24) is 0 Å². The maximum absolute atomic E-state index is 5.42. The fraction of sp³-hybridized carbons (Fsp3) is 1.00. The van der Waals surface area contributed by atoms with Crippen molar-refractivity contribution in [3.8, 4) is 0 Å². The van der Waals surface area contributed by atoms with Crippen LogP contribution >= 0.6 is 12.6 Å². The van der Waals surface area contributed by atoms with Crippen LogP contribution in [0, 0.1) is 0 Å². The Balaban J connectivity index is 2.02. The topological polar surface area (TPSA) is 12.5 Å². The fourth-order valence-corrected chi connectivity index (χ4v) is 1.47. The molecule has 1 nitrogen and oxygen atoms in total. The van der Waals surface area contributed by atoms with Crippen LogP contribution in [0.3, 0.4) is 0 Å². The van der Waals surface area contributed by atoms with Crippen molar-refractivity contribution in [2.24, 2.45) is 0 Å². The molecule has 2 heteroatoms. The van der Waals surface area contributed by atoms with E-state index in [1.807, 2.05) is 0 Å². The van der Waals surface area contributed by atoms with Crippen molar-refractivity contribution in [3.63, 3.8) is 0 Å². The molecule has 1 fully saturated rings. The molecule has 0 aliphatic carbocycles. The number of epoxide rings is 1. The summed E-state index contributed by atoms with van der Waals surface area (Å²) in [6.07, 6.45) is 4.69. The monoisotopic (exact) mass is 160 g/mol. The van der Waals surface area contributed by atoms with Crippen LogP contribution in [0.15, 0.2) is 0 Å². The van der Waals surface area contributed by atoms with Crippen LogP contribution in [0.5, 0.6) is 0 Å². The molecule has 0 bridgehead atoms. The molecule has 3 atom stereocenters. The zero-order valence-corrected chi connectivity index (χ0v) is 7.60. The van der Waals surface area contributed by atoms with Gasteiger partial charge in [-0.25, -0.2) is 0 Å². The van der Waals surface area contributed by atoms with E-state index in [-0.39, 0.29) is 0 Å². The standard InChI is InChI=1S/C8H16OS/c1-3-4-7-8(9-7)5-6(2)10/h6-8,10H,3-5H2,1-2H3. The SMILES string of the molecule is CCCC1OC1CC(C)S. The summed E-state index contributed by atoms with van der Waals surface area (Å²) in [5.74, 6) is 0. The van der Waals surface area contributed by atoms with Crippen molar-refractivity contribution in [3.05, 3.63) is 0 Å². The first kappa shape index (κ1) is 8.41. The van der Waals surface area contributed by atoms with E-state index >= 15 is 0 Å². The summed E-state index contributed by atoms with van der Waals surface area (Å²) in [5.41, 5.74) is 0. The van der Waals surface area contributed by atoms with Gasteiger partial charge >= 0.3 is 0 Å². The van der Waals surface area contributed by atoms with Gasteiger partial charge in [0.2, 0.25) is 0 Å². The molecule has 1 aliphatic heterocycles. The summed E-state index contributed by atoms with van der Waals surface area (Å²) >= 11 is 4.31. The van der Waals surface area contributed by atoms with Crippen molar-refractivity contribution in [2.75, 3.05) is 0 Å². The summed E-state index contributed by atoms with van der Waals surface area (Å²) < 4.78 is 5.42. The zero-order chi connectivity index (χ0) is 7.56. The normalized spacial score (nSPS) is 33.9. The second-order valence-electron chi connectivity index (χ2n) is 3.09. The van der Waals surface area contributed by atoms with E-state index in [4.69, 9.17) is 4.74 Å². The van der Waals surface area contributed by atoms with Gasteiger partial charge in [0, 0.05) is 5.25 Å². The number of hydrogen-bond acceptors (Lipinski definition) is 2. The van der Waals surface area contributed by atoms with Gasteiger partial charge in [-0.1, -0.05) is 20.3 Å². The van der Waals surface area contributed by atoms with Crippen LogP contribution in [-0.4, -0.2) is 17.5 Å². The van der Waals surface area contributed by atoms with E-state index in [1.165, 1.54) is 12.8 Å². The minimum absolute atomic E-state index is 0.492. The van der Waals surface area contributed by atoms with E-state index in [0.29, 0.717) is 17.5 Å². The summed E-state index contributed by atoms with van der Waals surface area (Å²) in [5, 5.41) is 0.492. The first-order chi connectivity index (χ1) is 4.74. The van der Waals surface area contributed by atoms with Gasteiger partial charge in [0.15, 0.2) is 0 Å². The summed E-state index contributed by atoms with van der Waals surface area (Å²) in [7, 11) is 0. The summed E-state index contributed by atoms with van der Waals surface area (Å²) in [6, 6.07) is 0. The Kier molecular flexibility index (Phi) is 3.05. The second-order valence-corrected chi connectivity index (χ2v) is 3.97. The molecule has 60 valence electrons. The van der Waals surface area contributed by atoms with Crippen LogP contribution < -0.4 is 0 Å². The summed E-state index contributed by atoms with van der Waals surface area (Å²) in [6.45, 7) is 4.32. The van der Waals surface area contributed by atoms with Gasteiger partial charge in [0.25, 0.3) is 0 Å². The molecule has 0 amide bonds. The van der Waals surface area contributed by atoms with E-state index in [0.717, 1.165) is 6.42 Å². The molecule has 0 aromatic heterocycles. The van der Waals surface area contributed by atoms with Gasteiger partial charge < -0.3 is 4.74 Å². The third-order valence-corrected chi connectivity index (χ3v) is 2.05. The van der Waals surface area contributed by atoms with Crippen molar-refractivity contribution in [2.45, 2.75) is 50.6 Å². The van der Waals surface area contributed by atoms with Gasteiger partial charge in [-0.05, 0) is 12.8 Å². The lowest BCUT2D eigenvalue weighted by Gasteiger charge is -1.97. The van der Waals surface area contributed by atoms with E-state index in [9.17, 15) is 0 Å². The Morgan fingerprint density at radius 1 is 1.50 bits per heavy atom. The second kappa shape index (κ2) is 3.63. The van der Waals surface area contributed by atoms with Crippen LogP contribution in [-0.2, 0) is 4.74 Å². The predicted molar refractivity (Wildman–Crippen MR) is 46.6 cm³/mol. The van der Waals surface area contributed by atoms with E-state index in [2.05, 4.69) is 26.5 Å². The molecule has 0 aromatic carbocycles. The number of thiol groups is 1. The highest BCUT2D eigenvalue weighted by Crippen LogP contribution is 2.31. The predicted octanol–water partition coefficient (Wildman–Crippen LogP) is 2.26. The highest BCUT2D eigenvalue weighted by Gasteiger charge is 2.37. The molecule has 0 saturated carbocycles. The Bertz CT molecular complexity index is 103. The smallest absolute Gasteiger partial charge is 0.0852 e. The minimum Gasteiger partial charge on any atom is -0.370 e. The maximum Gasteiger partial charge on any atom is 0.0852 e. The van der Waals surface area contributed by atoms with Gasteiger partial charge in [-0.2, -0.15) is 12.6 Å². The van der Waals surface area contributed by atoms with Gasteiger partial charge in [-0.3, -0.25) is 0 Å². The molecular formula is C8H16OS. The third-order valence-electron chi connectivity index (χ3n) is 1.83.